The fourth-order valence-corrected chi connectivity index (χ4v) is 1.06. The Labute approximate surface area is 91.3 Å². The zero-order valence-corrected chi connectivity index (χ0v) is 8.29. The molecule has 0 radical (unpaired) electrons. The van der Waals surface area contributed by atoms with Gasteiger partial charge in [-0.1, -0.05) is 0 Å². The lowest BCUT2D eigenvalue weighted by Gasteiger charge is -2.17. The van der Waals surface area contributed by atoms with E-state index in [1.807, 2.05) is 5.32 Å². The standard InChI is InChI=1S/C9H10N4O3/c10-9(15)12-8(14)6-13-3-1-7(2-4-13)5-11-16/h1-5H,6H2,(H3,10,12,14,15). The number of carbonyl (C=O) groups excluding carboxylic acids is 2. The Kier molecular flexibility index (Phi) is 3.96. The van der Waals surface area contributed by atoms with Crippen LogP contribution in [0.2, 0.25) is 0 Å². The largest absolute Gasteiger partial charge is 0.351 e. The summed E-state index contributed by atoms with van der Waals surface area (Å²) in [5.74, 6) is -0.511. The fraction of sp³-hybridized carbons (Fsp3) is 0.111. The van der Waals surface area contributed by atoms with Crippen molar-refractivity contribution in [1.82, 2.24) is 10.2 Å². The van der Waals surface area contributed by atoms with Crippen molar-refractivity contribution < 1.29 is 9.59 Å². The maximum atomic E-state index is 11.1. The highest BCUT2D eigenvalue weighted by atomic mass is 16.2. The first-order valence-electron chi connectivity index (χ1n) is 4.36. The smallest absolute Gasteiger partial charge is 0.318 e. The molecule has 0 saturated carbocycles. The van der Waals surface area contributed by atoms with Gasteiger partial charge in [-0.05, 0) is 22.9 Å². The van der Waals surface area contributed by atoms with Gasteiger partial charge in [-0.25, -0.2) is 4.79 Å². The molecule has 16 heavy (non-hydrogen) atoms. The quantitative estimate of drug-likeness (QED) is 0.664. The van der Waals surface area contributed by atoms with E-state index < -0.39 is 11.9 Å². The van der Waals surface area contributed by atoms with Crippen LogP contribution in [-0.2, 0) is 4.79 Å². The molecule has 84 valence electrons. The third-order valence-corrected chi connectivity index (χ3v) is 1.71. The molecule has 7 heteroatoms. The summed E-state index contributed by atoms with van der Waals surface area (Å²) in [7, 11) is 0. The Hall–Kier alpha value is -2.44. The van der Waals surface area contributed by atoms with Gasteiger partial charge < -0.3 is 10.6 Å². The monoisotopic (exact) mass is 222 g/mol. The topological polar surface area (TPSA) is 105 Å². The summed E-state index contributed by atoms with van der Waals surface area (Å²) < 4.78 is 0. The Morgan fingerprint density at radius 2 is 2.06 bits per heavy atom. The number of nitrogens with one attached hydrogen (secondary N) is 1. The second kappa shape index (κ2) is 5.44. The van der Waals surface area contributed by atoms with Crippen molar-refractivity contribution in [2.75, 3.05) is 6.54 Å². The number of carbonyl (C=O) groups is 2. The molecule has 0 aromatic heterocycles. The van der Waals surface area contributed by atoms with Crippen molar-refractivity contribution in [2.45, 2.75) is 0 Å². The van der Waals surface area contributed by atoms with Crippen LogP contribution in [0.25, 0.3) is 0 Å². The minimum absolute atomic E-state index is 0.0300. The zero-order valence-electron chi connectivity index (χ0n) is 8.29. The van der Waals surface area contributed by atoms with Crippen molar-refractivity contribution in [3.05, 3.63) is 41.2 Å². The summed E-state index contributed by atoms with van der Waals surface area (Å²) >= 11 is 0. The third-order valence-electron chi connectivity index (χ3n) is 1.71. The molecule has 7 nitrogen and oxygen atoms in total. The minimum Gasteiger partial charge on any atom is -0.351 e. The van der Waals surface area contributed by atoms with Gasteiger partial charge in [0.1, 0.15) is 6.54 Å². The second-order valence-electron chi connectivity index (χ2n) is 2.95. The van der Waals surface area contributed by atoms with Gasteiger partial charge in [0, 0.05) is 12.4 Å². The summed E-state index contributed by atoms with van der Waals surface area (Å²) in [6.07, 6.45) is 7.53. The number of amides is 3. The van der Waals surface area contributed by atoms with E-state index in [-0.39, 0.29) is 6.54 Å². The summed E-state index contributed by atoms with van der Waals surface area (Å²) in [5.41, 5.74) is 5.40. The van der Waals surface area contributed by atoms with E-state index >= 15 is 0 Å². The predicted octanol–water partition coefficient (Wildman–Crippen LogP) is 0.175. The average Bonchev–Trinajstić information content (AvgIpc) is 2.20. The number of allylic oxidation sites excluding steroid dienone is 3. The highest BCUT2D eigenvalue weighted by Crippen LogP contribution is 2.08. The average molecular weight is 222 g/mol. The number of nitrogens with zero attached hydrogens (tertiary/aromatic N) is 2. The van der Waals surface area contributed by atoms with Crippen LogP contribution in [0.15, 0.2) is 41.5 Å². The van der Waals surface area contributed by atoms with Gasteiger partial charge in [0.25, 0.3) is 0 Å². The molecular formula is C9H10N4O3. The first-order chi connectivity index (χ1) is 7.61. The van der Waals surface area contributed by atoms with E-state index in [0.29, 0.717) is 5.57 Å². The van der Waals surface area contributed by atoms with Gasteiger partial charge in [-0.3, -0.25) is 10.1 Å². The number of rotatable bonds is 3. The Morgan fingerprint density at radius 3 is 2.56 bits per heavy atom. The van der Waals surface area contributed by atoms with Crippen LogP contribution in [0.5, 0.6) is 0 Å². The predicted molar refractivity (Wildman–Crippen MR) is 56.6 cm³/mol. The molecule has 0 aromatic rings. The SMILES string of the molecule is NC(=O)NC(=O)CN1C=CC(=CN=O)C=C1. The van der Waals surface area contributed by atoms with E-state index in [4.69, 9.17) is 5.73 Å². The number of nitrogens with two attached hydrogens (primary N) is 1. The van der Waals surface area contributed by atoms with Crippen LogP contribution in [-0.4, -0.2) is 23.4 Å². The molecule has 1 rings (SSSR count). The molecule has 0 saturated heterocycles. The maximum Gasteiger partial charge on any atom is 0.318 e. The van der Waals surface area contributed by atoms with Crippen molar-refractivity contribution in [3.63, 3.8) is 0 Å². The van der Waals surface area contributed by atoms with Crippen LogP contribution in [0.1, 0.15) is 0 Å². The van der Waals surface area contributed by atoms with Crippen molar-refractivity contribution >= 4 is 11.9 Å². The Bertz CT molecular complexity index is 382. The Morgan fingerprint density at radius 1 is 1.44 bits per heavy atom. The van der Waals surface area contributed by atoms with Crippen LogP contribution in [0, 0.1) is 4.91 Å². The van der Waals surface area contributed by atoms with Gasteiger partial charge in [-0.2, -0.15) is 0 Å². The molecule has 0 atom stereocenters. The summed E-state index contributed by atoms with van der Waals surface area (Å²) in [6, 6.07) is -0.888. The number of urea groups is 1. The van der Waals surface area contributed by atoms with E-state index in [9.17, 15) is 14.5 Å². The van der Waals surface area contributed by atoms with Crippen LogP contribution in [0.3, 0.4) is 0 Å². The molecule has 0 aliphatic carbocycles. The number of hydrogen-bond acceptors (Lipinski definition) is 5. The molecule has 0 bridgehead atoms. The fourth-order valence-electron chi connectivity index (χ4n) is 1.06. The van der Waals surface area contributed by atoms with Crippen LogP contribution >= 0.6 is 0 Å². The highest BCUT2D eigenvalue weighted by Gasteiger charge is 2.08. The number of primary amides is 1. The van der Waals surface area contributed by atoms with Crippen LogP contribution < -0.4 is 11.1 Å². The summed E-state index contributed by atoms with van der Waals surface area (Å²) in [4.78, 5) is 33.0. The first kappa shape index (κ1) is 11.6. The number of hydrogen-bond donors (Lipinski definition) is 2. The normalized spacial score (nSPS) is 13.5. The highest BCUT2D eigenvalue weighted by molar-refractivity contribution is 5.94. The molecule has 3 amide bonds. The van der Waals surface area contributed by atoms with Gasteiger partial charge in [0.05, 0.1) is 6.20 Å². The van der Waals surface area contributed by atoms with Gasteiger partial charge >= 0.3 is 6.03 Å². The molecule has 1 heterocycles. The molecule has 0 aromatic carbocycles. The second-order valence-corrected chi connectivity index (χ2v) is 2.95. The molecular weight excluding hydrogens is 212 g/mol. The van der Waals surface area contributed by atoms with Crippen LogP contribution in [0.4, 0.5) is 4.79 Å². The number of imide groups is 1. The van der Waals surface area contributed by atoms with Crippen molar-refractivity contribution in [2.24, 2.45) is 10.9 Å². The van der Waals surface area contributed by atoms with Gasteiger partial charge in [-0.15, -0.1) is 4.91 Å². The molecule has 0 fully saturated rings. The maximum absolute atomic E-state index is 11.1. The zero-order chi connectivity index (χ0) is 12.0. The van der Waals surface area contributed by atoms with Crippen molar-refractivity contribution in [3.8, 4) is 0 Å². The summed E-state index contributed by atoms with van der Waals surface area (Å²) in [6.45, 7) is -0.0300. The van der Waals surface area contributed by atoms with Gasteiger partial charge in [0.2, 0.25) is 5.91 Å². The lowest BCUT2D eigenvalue weighted by atomic mass is 10.2. The number of nitroso groups, excluding NO2 is 1. The van der Waals surface area contributed by atoms with E-state index in [1.165, 1.54) is 4.90 Å². The van der Waals surface area contributed by atoms with E-state index in [2.05, 4.69) is 5.18 Å². The lowest BCUT2D eigenvalue weighted by molar-refractivity contribution is -0.120. The lowest BCUT2D eigenvalue weighted by Crippen LogP contribution is -2.39. The van der Waals surface area contributed by atoms with E-state index in [0.717, 1.165) is 6.20 Å². The molecule has 3 N–H and O–H groups in total. The van der Waals surface area contributed by atoms with Gasteiger partial charge in [0.15, 0.2) is 0 Å². The minimum atomic E-state index is -0.888. The van der Waals surface area contributed by atoms with Crippen molar-refractivity contribution in [1.29, 1.82) is 0 Å². The molecule has 0 spiro atoms. The third kappa shape index (κ3) is 3.74. The molecule has 1 aliphatic rings. The molecule has 0 unspecified atom stereocenters. The summed E-state index contributed by atoms with van der Waals surface area (Å²) in [5, 5.41) is 4.54. The first-order valence-corrected chi connectivity index (χ1v) is 4.36. The van der Waals surface area contributed by atoms with E-state index in [1.54, 1.807) is 24.6 Å². The Balaban J connectivity index is 2.49. The molecule has 1 aliphatic heterocycles.